The summed E-state index contributed by atoms with van der Waals surface area (Å²) in [6.45, 7) is 0.934. The minimum absolute atomic E-state index is 0.218. The summed E-state index contributed by atoms with van der Waals surface area (Å²) in [6.07, 6.45) is -1.16. The predicted molar refractivity (Wildman–Crippen MR) is 51.7 cm³/mol. The number of nitrogens with zero attached hydrogens (tertiary/aromatic N) is 1. The number of nitrogen functional groups attached to an aromatic ring is 1. The van der Waals surface area contributed by atoms with Crippen LogP contribution in [0.5, 0.6) is 0 Å². The number of nitrogens with one attached hydrogen (secondary N) is 1. The average Bonchev–Trinajstić information content (AvgIpc) is 2.18. The van der Waals surface area contributed by atoms with E-state index in [1.165, 1.54) is 12.3 Å². The predicted octanol–water partition coefficient (Wildman–Crippen LogP) is 0.967. The van der Waals surface area contributed by atoms with Gasteiger partial charge in [-0.2, -0.15) is 0 Å². The van der Waals surface area contributed by atoms with E-state index >= 15 is 0 Å². The molecule has 1 amide bonds. The molecule has 0 fully saturated rings. The molecule has 0 aliphatic heterocycles. The molecule has 0 unspecified atom stereocenters. The molecule has 0 aromatic carbocycles. The zero-order valence-corrected chi connectivity index (χ0v) is 8.13. The Hall–Kier alpha value is -1.72. The molecule has 0 radical (unpaired) electrons. The molecule has 4 nitrogen and oxygen atoms in total. The normalized spacial score (nSPS) is 10.4. The van der Waals surface area contributed by atoms with Gasteiger partial charge in [0, 0.05) is 0 Å². The first kappa shape index (κ1) is 11.4. The van der Waals surface area contributed by atoms with Crippen LogP contribution in [0.2, 0.25) is 0 Å². The lowest BCUT2D eigenvalue weighted by Crippen LogP contribution is -2.29. The Morgan fingerprint density at radius 2 is 2.33 bits per heavy atom. The van der Waals surface area contributed by atoms with Crippen molar-refractivity contribution in [3.63, 3.8) is 0 Å². The molecule has 1 rings (SSSR count). The standard InChI is InChI=1S/C9H11F2N3O/c1-5-7(2-6(12)3-13-5)9(15)14-4-8(10)11/h2-3,8H,4,12H2,1H3,(H,14,15). The number of anilines is 1. The molecule has 0 spiro atoms. The van der Waals surface area contributed by atoms with Gasteiger partial charge in [-0.25, -0.2) is 8.78 Å². The van der Waals surface area contributed by atoms with E-state index < -0.39 is 18.9 Å². The van der Waals surface area contributed by atoms with Crippen molar-refractivity contribution in [1.82, 2.24) is 10.3 Å². The summed E-state index contributed by atoms with van der Waals surface area (Å²) in [6, 6.07) is 1.41. The van der Waals surface area contributed by atoms with Crippen LogP contribution in [0.25, 0.3) is 0 Å². The number of nitrogens with two attached hydrogens (primary N) is 1. The van der Waals surface area contributed by atoms with Gasteiger partial charge in [-0.1, -0.05) is 0 Å². The highest BCUT2D eigenvalue weighted by Crippen LogP contribution is 2.09. The van der Waals surface area contributed by atoms with Gasteiger partial charge in [-0.3, -0.25) is 9.78 Å². The number of carbonyl (C=O) groups excluding carboxylic acids is 1. The smallest absolute Gasteiger partial charge is 0.255 e. The summed E-state index contributed by atoms with van der Waals surface area (Å²) in [5, 5.41) is 2.08. The Kier molecular flexibility index (Phi) is 3.54. The summed E-state index contributed by atoms with van der Waals surface area (Å²) in [4.78, 5) is 15.2. The second-order valence-corrected chi connectivity index (χ2v) is 3.00. The van der Waals surface area contributed by atoms with Crippen LogP contribution in [0.4, 0.5) is 14.5 Å². The summed E-state index contributed by atoms with van der Waals surface area (Å²) in [7, 11) is 0. The minimum atomic E-state index is -2.57. The molecular formula is C9H11F2N3O. The van der Waals surface area contributed by atoms with Crippen molar-refractivity contribution >= 4 is 11.6 Å². The van der Waals surface area contributed by atoms with Crippen LogP contribution < -0.4 is 11.1 Å². The molecule has 15 heavy (non-hydrogen) atoms. The number of hydrogen-bond donors (Lipinski definition) is 2. The van der Waals surface area contributed by atoms with E-state index in [9.17, 15) is 13.6 Å². The Bertz CT molecular complexity index is 368. The number of amides is 1. The molecule has 0 bridgehead atoms. The van der Waals surface area contributed by atoms with Crippen molar-refractivity contribution in [1.29, 1.82) is 0 Å². The lowest BCUT2D eigenvalue weighted by Gasteiger charge is -2.07. The third kappa shape index (κ3) is 3.16. The highest BCUT2D eigenvalue weighted by Gasteiger charge is 2.12. The number of carbonyl (C=O) groups is 1. The summed E-state index contributed by atoms with van der Waals surface area (Å²) in [5.41, 5.74) is 6.43. The van der Waals surface area contributed by atoms with E-state index in [-0.39, 0.29) is 5.56 Å². The fraction of sp³-hybridized carbons (Fsp3) is 0.333. The maximum Gasteiger partial charge on any atom is 0.255 e. The Morgan fingerprint density at radius 3 is 2.93 bits per heavy atom. The number of aryl methyl sites for hydroxylation is 1. The van der Waals surface area contributed by atoms with Gasteiger partial charge in [0.25, 0.3) is 12.3 Å². The summed E-state index contributed by atoms with van der Waals surface area (Å²) in [5.74, 6) is -0.590. The van der Waals surface area contributed by atoms with Crippen molar-refractivity contribution in [2.45, 2.75) is 13.3 Å². The van der Waals surface area contributed by atoms with E-state index in [2.05, 4.69) is 10.3 Å². The maximum atomic E-state index is 11.8. The van der Waals surface area contributed by atoms with Gasteiger partial charge in [0.15, 0.2) is 0 Å². The number of pyridine rings is 1. The van der Waals surface area contributed by atoms with Gasteiger partial charge in [-0.15, -0.1) is 0 Å². The molecule has 0 atom stereocenters. The van der Waals surface area contributed by atoms with E-state index in [1.807, 2.05) is 0 Å². The largest absolute Gasteiger partial charge is 0.397 e. The maximum absolute atomic E-state index is 11.8. The molecule has 6 heteroatoms. The zero-order valence-electron chi connectivity index (χ0n) is 8.13. The molecule has 1 heterocycles. The fourth-order valence-electron chi connectivity index (χ4n) is 1.04. The van der Waals surface area contributed by atoms with Crippen molar-refractivity contribution in [2.75, 3.05) is 12.3 Å². The zero-order chi connectivity index (χ0) is 11.4. The third-order valence-corrected chi connectivity index (χ3v) is 1.77. The second-order valence-electron chi connectivity index (χ2n) is 3.00. The van der Waals surface area contributed by atoms with Gasteiger partial charge in [0.1, 0.15) is 0 Å². The van der Waals surface area contributed by atoms with Crippen LogP contribution in [-0.4, -0.2) is 23.9 Å². The van der Waals surface area contributed by atoms with Crippen LogP contribution in [0.15, 0.2) is 12.3 Å². The van der Waals surface area contributed by atoms with Gasteiger partial charge >= 0.3 is 0 Å². The van der Waals surface area contributed by atoms with E-state index in [0.717, 1.165) is 0 Å². The number of rotatable bonds is 3. The minimum Gasteiger partial charge on any atom is -0.397 e. The van der Waals surface area contributed by atoms with E-state index in [1.54, 1.807) is 6.92 Å². The number of hydrogen-bond acceptors (Lipinski definition) is 3. The van der Waals surface area contributed by atoms with Gasteiger partial charge in [0.2, 0.25) is 0 Å². The van der Waals surface area contributed by atoms with Crippen LogP contribution in [0.3, 0.4) is 0 Å². The number of alkyl halides is 2. The average molecular weight is 215 g/mol. The molecule has 1 aromatic rings. The molecule has 82 valence electrons. The third-order valence-electron chi connectivity index (χ3n) is 1.77. The van der Waals surface area contributed by atoms with Crippen LogP contribution in [0, 0.1) is 6.92 Å². The molecule has 0 aliphatic carbocycles. The molecule has 0 saturated carbocycles. The lowest BCUT2D eigenvalue weighted by atomic mass is 10.2. The van der Waals surface area contributed by atoms with E-state index in [4.69, 9.17) is 5.73 Å². The monoisotopic (exact) mass is 215 g/mol. The molecular weight excluding hydrogens is 204 g/mol. The first-order valence-corrected chi connectivity index (χ1v) is 4.29. The first-order valence-electron chi connectivity index (χ1n) is 4.29. The molecule has 3 N–H and O–H groups in total. The van der Waals surface area contributed by atoms with Crippen molar-refractivity contribution in [2.24, 2.45) is 0 Å². The highest BCUT2D eigenvalue weighted by atomic mass is 19.3. The fourth-order valence-corrected chi connectivity index (χ4v) is 1.04. The van der Waals surface area contributed by atoms with Crippen LogP contribution in [0.1, 0.15) is 16.1 Å². The van der Waals surface area contributed by atoms with Crippen molar-refractivity contribution < 1.29 is 13.6 Å². The van der Waals surface area contributed by atoms with Gasteiger partial charge < -0.3 is 11.1 Å². The topological polar surface area (TPSA) is 68.0 Å². The Morgan fingerprint density at radius 1 is 1.67 bits per heavy atom. The SMILES string of the molecule is Cc1ncc(N)cc1C(=O)NCC(F)F. The van der Waals surface area contributed by atoms with Gasteiger partial charge in [-0.05, 0) is 13.0 Å². The highest BCUT2D eigenvalue weighted by molar-refractivity contribution is 5.95. The van der Waals surface area contributed by atoms with E-state index in [0.29, 0.717) is 11.4 Å². The molecule has 0 aliphatic rings. The Labute approximate surface area is 85.5 Å². The molecule has 0 saturated heterocycles. The summed E-state index contributed by atoms with van der Waals surface area (Å²) >= 11 is 0. The molecule has 1 aromatic heterocycles. The second kappa shape index (κ2) is 4.68. The van der Waals surface area contributed by atoms with Crippen molar-refractivity contribution in [3.05, 3.63) is 23.5 Å². The van der Waals surface area contributed by atoms with Crippen LogP contribution in [-0.2, 0) is 0 Å². The van der Waals surface area contributed by atoms with Gasteiger partial charge in [0.05, 0.1) is 29.7 Å². The Balaban J connectivity index is 2.77. The van der Waals surface area contributed by atoms with Crippen molar-refractivity contribution in [3.8, 4) is 0 Å². The quantitative estimate of drug-likeness (QED) is 0.789. The number of halogens is 2. The number of aromatic nitrogens is 1. The first-order chi connectivity index (χ1) is 7.00. The summed E-state index contributed by atoms with van der Waals surface area (Å²) < 4.78 is 23.7. The lowest BCUT2D eigenvalue weighted by molar-refractivity contribution is 0.0890. The van der Waals surface area contributed by atoms with Crippen LogP contribution >= 0.6 is 0 Å².